The van der Waals surface area contributed by atoms with Crippen molar-refractivity contribution in [3.05, 3.63) is 108 Å². The van der Waals surface area contributed by atoms with Gasteiger partial charge in [-0.05, 0) is 37.1 Å². The monoisotopic (exact) mass is 374 g/mol. The zero-order chi connectivity index (χ0) is 20.1. The van der Waals surface area contributed by atoms with Crippen molar-refractivity contribution < 1.29 is 0 Å². The second-order valence-corrected chi connectivity index (χ2v) is 7.09. The molecule has 0 unspecified atom stereocenters. The van der Waals surface area contributed by atoms with Gasteiger partial charge < -0.3 is 0 Å². The van der Waals surface area contributed by atoms with E-state index >= 15 is 0 Å². The standard InChI is InChI=1S/C27H22N2/c1-20-11-15-22(16-12-20)24-7-3-5-9-26(24)28-19-29-27-10-6-4-8-25(27)23-17-13-21(2)14-18-23/h3-18H,1-2H3. The van der Waals surface area contributed by atoms with Crippen LogP contribution in [-0.4, -0.2) is 6.01 Å². The Morgan fingerprint density at radius 3 is 1.28 bits per heavy atom. The highest BCUT2D eigenvalue weighted by atomic mass is 14.8. The number of hydrogen-bond donors (Lipinski definition) is 0. The third kappa shape index (κ3) is 4.40. The molecule has 2 nitrogen and oxygen atoms in total. The predicted octanol–water partition coefficient (Wildman–Crippen LogP) is 7.77. The fourth-order valence-electron chi connectivity index (χ4n) is 3.23. The summed E-state index contributed by atoms with van der Waals surface area (Å²) in [7, 11) is 0. The zero-order valence-corrected chi connectivity index (χ0v) is 16.6. The zero-order valence-electron chi connectivity index (χ0n) is 16.6. The van der Waals surface area contributed by atoms with Gasteiger partial charge in [0.1, 0.15) is 6.01 Å². The predicted molar refractivity (Wildman–Crippen MR) is 122 cm³/mol. The number of para-hydroxylation sites is 2. The van der Waals surface area contributed by atoms with Crippen LogP contribution in [0.2, 0.25) is 0 Å². The third-order valence-corrected chi connectivity index (χ3v) is 4.87. The quantitative estimate of drug-likeness (QED) is 0.326. The summed E-state index contributed by atoms with van der Waals surface area (Å²) < 4.78 is 0. The van der Waals surface area contributed by atoms with Gasteiger partial charge in [0.15, 0.2) is 0 Å². The van der Waals surface area contributed by atoms with E-state index in [1.807, 2.05) is 36.4 Å². The molecule has 0 saturated heterocycles. The van der Waals surface area contributed by atoms with Gasteiger partial charge in [-0.2, -0.15) is 9.98 Å². The summed E-state index contributed by atoms with van der Waals surface area (Å²) in [5.41, 5.74) is 8.60. The Morgan fingerprint density at radius 1 is 0.483 bits per heavy atom. The molecule has 0 aliphatic heterocycles. The van der Waals surface area contributed by atoms with Crippen LogP contribution in [0.4, 0.5) is 11.4 Å². The second-order valence-electron chi connectivity index (χ2n) is 7.09. The van der Waals surface area contributed by atoms with Gasteiger partial charge in [-0.3, -0.25) is 0 Å². The van der Waals surface area contributed by atoms with Crippen molar-refractivity contribution in [3.8, 4) is 22.3 Å². The fourth-order valence-corrected chi connectivity index (χ4v) is 3.23. The number of rotatable bonds is 4. The topological polar surface area (TPSA) is 24.7 Å². The first-order valence-electron chi connectivity index (χ1n) is 9.69. The molecule has 0 heterocycles. The minimum atomic E-state index is 0.855. The summed E-state index contributed by atoms with van der Waals surface area (Å²) >= 11 is 0. The lowest BCUT2D eigenvalue weighted by Gasteiger charge is -2.06. The van der Waals surface area contributed by atoms with Gasteiger partial charge in [-0.1, -0.05) is 96.1 Å². The number of nitrogens with zero attached hydrogens (tertiary/aromatic N) is 2. The van der Waals surface area contributed by atoms with Crippen molar-refractivity contribution in [2.24, 2.45) is 9.98 Å². The minimum absolute atomic E-state index is 0.855. The van der Waals surface area contributed by atoms with E-state index in [-0.39, 0.29) is 0 Å². The van der Waals surface area contributed by atoms with Crippen LogP contribution >= 0.6 is 0 Å². The largest absolute Gasteiger partial charge is 0.187 e. The van der Waals surface area contributed by atoms with Crippen LogP contribution in [0.15, 0.2) is 107 Å². The smallest absolute Gasteiger partial charge is 0.101 e. The molecule has 0 amide bonds. The number of aliphatic imine (C=N–C) groups is 2. The van der Waals surface area contributed by atoms with E-state index in [0.29, 0.717) is 0 Å². The van der Waals surface area contributed by atoms with Crippen molar-refractivity contribution in [2.45, 2.75) is 13.8 Å². The molecule has 140 valence electrons. The van der Waals surface area contributed by atoms with Crippen LogP contribution in [0.25, 0.3) is 22.3 Å². The van der Waals surface area contributed by atoms with E-state index < -0.39 is 0 Å². The summed E-state index contributed by atoms with van der Waals surface area (Å²) in [6.45, 7) is 4.18. The van der Waals surface area contributed by atoms with Gasteiger partial charge >= 0.3 is 0 Å². The second kappa shape index (κ2) is 8.52. The fraction of sp³-hybridized carbons (Fsp3) is 0.0741. The van der Waals surface area contributed by atoms with E-state index in [1.54, 1.807) is 0 Å². The van der Waals surface area contributed by atoms with Gasteiger partial charge in [0.05, 0.1) is 11.4 Å². The van der Waals surface area contributed by atoms with Crippen LogP contribution in [0, 0.1) is 13.8 Å². The van der Waals surface area contributed by atoms with Gasteiger partial charge in [-0.15, -0.1) is 0 Å². The highest BCUT2D eigenvalue weighted by molar-refractivity contribution is 5.80. The van der Waals surface area contributed by atoms with Crippen molar-refractivity contribution in [2.75, 3.05) is 0 Å². The molecule has 0 aromatic heterocycles. The Hall–Kier alpha value is -3.74. The maximum absolute atomic E-state index is 4.53. The van der Waals surface area contributed by atoms with Crippen molar-refractivity contribution in [1.29, 1.82) is 0 Å². The number of aryl methyl sites for hydroxylation is 2. The minimum Gasteiger partial charge on any atom is -0.187 e. The summed E-state index contributed by atoms with van der Waals surface area (Å²) in [6, 6.07) is 36.0. The molecule has 0 N–H and O–H groups in total. The molecule has 0 atom stereocenters. The van der Waals surface area contributed by atoms with Crippen LogP contribution in [0.5, 0.6) is 0 Å². The lowest BCUT2D eigenvalue weighted by Crippen LogP contribution is -1.80. The van der Waals surface area contributed by atoms with Gasteiger partial charge in [-0.25, -0.2) is 0 Å². The average molecular weight is 374 g/mol. The summed E-state index contributed by atoms with van der Waals surface area (Å²) in [6.07, 6.45) is 0. The van der Waals surface area contributed by atoms with E-state index in [1.165, 1.54) is 11.1 Å². The third-order valence-electron chi connectivity index (χ3n) is 4.87. The molecular weight excluding hydrogens is 352 g/mol. The van der Waals surface area contributed by atoms with Gasteiger partial charge in [0, 0.05) is 11.1 Å². The van der Waals surface area contributed by atoms with Gasteiger partial charge in [0.25, 0.3) is 0 Å². The van der Waals surface area contributed by atoms with Crippen molar-refractivity contribution in [1.82, 2.24) is 0 Å². The first-order valence-corrected chi connectivity index (χ1v) is 9.69. The molecule has 4 rings (SSSR count). The van der Waals surface area contributed by atoms with E-state index in [2.05, 4.69) is 90.5 Å². The molecule has 0 fully saturated rings. The van der Waals surface area contributed by atoms with Crippen LogP contribution in [0.3, 0.4) is 0 Å². The van der Waals surface area contributed by atoms with Crippen LogP contribution in [-0.2, 0) is 0 Å². The Bertz CT molecular complexity index is 1090. The maximum Gasteiger partial charge on any atom is 0.101 e. The lowest BCUT2D eigenvalue weighted by atomic mass is 10.0. The summed E-state index contributed by atoms with van der Waals surface area (Å²) in [4.78, 5) is 9.07. The number of hydrogen-bond acceptors (Lipinski definition) is 2. The van der Waals surface area contributed by atoms with Crippen molar-refractivity contribution >= 4 is 17.4 Å². The molecule has 0 saturated carbocycles. The maximum atomic E-state index is 4.53. The van der Waals surface area contributed by atoms with E-state index in [4.69, 9.17) is 0 Å². The molecule has 29 heavy (non-hydrogen) atoms. The van der Waals surface area contributed by atoms with Gasteiger partial charge in [0.2, 0.25) is 0 Å². The molecule has 0 aliphatic carbocycles. The first-order chi connectivity index (χ1) is 14.2. The molecule has 2 heteroatoms. The Balaban J connectivity index is 1.69. The molecule has 0 aliphatic rings. The molecular formula is C27H22N2. The van der Waals surface area contributed by atoms with E-state index in [0.717, 1.165) is 33.6 Å². The lowest BCUT2D eigenvalue weighted by molar-refractivity contribution is 1.44. The Morgan fingerprint density at radius 2 is 0.862 bits per heavy atom. The number of benzene rings is 4. The van der Waals surface area contributed by atoms with Crippen molar-refractivity contribution in [3.63, 3.8) is 0 Å². The highest BCUT2D eigenvalue weighted by Gasteiger charge is 2.04. The van der Waals surface area contributed by atoms with E-state index in [9.17, 15) is 0 Å². The Labute approximate surface area is 171 Å². The summed E-state index contributed by atoms with van der Waals surface area (Å²) in [5, 5.41) is 0. The Kier molecular flexibility index (Phi) is 5.47. The molecule has 0 radical (unpaired) electrons. The first kappa shape index (κ1) is 18.6. The summed E-state index contributed by atoms with van der Waals surface area (Å²) in [5.74, 6) is 0. The average Bonchev–Trinajstić information content (AvgIpc) is 2.76. The molecule has 0 spiro atoms. The molecule has 4 aromatic carbocycles. The highest BCUT2D eigenvalue weighted by Crippen LogP contribution is 2.31. The normalized spacial score (nSPS) is 10.3. The molecule has 4 aromatic rings. The van der Waals surface area contributed by atoms with Crippen LogP contribution < -0.4 is 0 Å². The SMILES string of the molecule is Cc1ccc(-c2ccccc2N=C=Nc2ccccc2-c2ccc(C)cc2)cc1. The van der Waals surface area contributed by atoms with Crippen LogP contribution in [0.1, 0.15) is 11.1 Å². The molecule has 0 bridgehead atoms.